The molecule has 1 saturated heterocycles. The molecule has 128 valence electrons. The number of halogens is 1. The molecular weight excluding hydrogens is 295 g/mol. The van der Waals surface area contributed by atoms with Crippen LogP contribution >= 0.6 is 0 Å². The van der Waals surface area contributed by atoms with Gasteiger partial charge in [0.1, 0.15) is 11.4 Å². The summed E-state index contributed by atoms with van der Waals surface area (Å²) in [6, 6.07) is 5.29. The van der Waals surface area contributed by atoms with E-state index >= 15 is 0 Å². The lowest BCUT2D eigenvalue weighted by Crippen LogP contribution is -2.45. The van der Waals surface area contributed by atoms with Crippen molar-refractivity contribution in [2.75, 3.05) is 26.7 Å². The summed E-state index contributed by atoms with van der Waals surface area (Å²) in [5, 5.41) is 2.98. The van der Waals surface area contributed by atoms with Gasteiger partial charge in [0.2, 0.25) is 0 Å². The van der Waals surface area contributed by atoms with Crippen molar-refractivity contribution in [3.8, 4) is 0 Å². The second kappa shape index (κ2) is 7.41. The maximum atomic E-state index is 13.3. The number of rotatable bonds is 6. The third-order valence-corrected chi connectivity index (χ3v) is 4.61. The maximum Gasteiger partial charge on any atom is 0.251 e. The van der Waals surface area contributed by atoms with Crippen molar-refractivity contribution in [1.29, 1.82) is 0 Å². The maximum absolute atomic E-state index is 13.3. The average molecular weight is 322 g/mol. The van der Waals surface area contributed by atoms with Gasteiger partial charge in [-0.1, -0.05) is 12.1 Å². The van der Waals surface area contributed by atoms with Crippen LogP contribution in [0.15, 0.2) is 18.2 Å². The number of methoxy groups -OCH3 is 1. The normalized spacial score (nSPS) is 19.1. The van der Waals surface area contributed by atoms with Crippen molar-refractivity contribution >= 4 is 5.91 Å². The van der Waals surface area contributed by atoms with E-state index in [9.17, 15) is 9.18 Å². The first-order valence-electron chi connectivity index (χ1n) is 8.12. The number of hydrogen-bond acceptors (Lipinski definition) is 3. The molecule has 23 heavy (non-hydrogen) atoms. The Balaban J connectivity index is 1.80. The van der Waals surface area contributed by atoms with E-state index in [2.05, 4.69) is 10.2 Å². The van der Waals surface area contributed by atoms with Crippen molar-refractivity contribution in [2.45, 2.75) is 39.3 Å². The van der Waals surface area contributed by atoms with Crippen LogP contribution in [0.25, 0.3) is 0 Å². The van der Waals surface area contributed by atoms with Crippen molar-refractivity contribution in [3.63, 3.8) is 0 Å². The van der Waals surface area contributed by atoms with Gasteiger partial charge < -0.3 is 10.1 Å². The number of carbonyl (C=O) groups is 1. The first kappa shape index (κ1) is 17.9. The highest BCUT2D eigenvalue weighted by atomic mass is 19.1. The average Bonchev–Trinajstić information content (AvgIpc) is 2.96. The Morgan fingerprint density at radius 3 is 2.87 bits per heavy atom. The van der Waals surface area contributed by atoms with Gasteiger partial charge in [0.15, 0.2) is 0 Å². The monoisotopic (exact) mass is 322 g/mol. The lowest BCUT2D eigenvalue weighted by Gasteiger charge is -2.23. The summed E-state index contributed by atoms with van der Waals surface area (Å²) in [6.45, 7) is 8.77. The van der Waals surface area contributed by atoms with Gasteiger partial charge in [0, 0.05) is 26.7 Å². The number of benzene rings is 1. The number of nitrogens with one attached hydrogen (secondary N) is 1. The molecule has 0 bridgehead atoms. The van der Waals surface area contributed by atoms with Crippen molar-refractivity contribution in [3.05, 3.63) is 35.1 Å². The number of hydrogen-bond donors (Lipinski definition) is 1. The number of likely N-dealkylation sites (tertiary alicyclic amines) is 1. The van der Waals surface area contributed by atoms with Crippen LogP contribution in [-0.4, -0.2) is 43.2 Å². The zero-order valence-corrected chi connectivity index (χ0v) is 14.5. The highest BCUT2D eigenvalue weighted by Gasteiger charge is 2.29. The number of amides is 1. The lowest BCUT2D eigenvalue weighted by atomic mass is 10.1. The van der Waals surface area contributed by atoms with Gasteiger partial charge in [-0.05, 0) is 56.8 Å². The van der Waals surface area contributed by atoms with E-state index in [1.807, 2.05) is 12.1 Å². The Morgan fingerprint density at radius 2 is 2.22 bits per heavy atom. The van der Waals surface area contributed by atoms with Gasteiger partial charge in [0.25, 0.3) is 5.91 Å². The van der Waals surface area contributed by atoms with E-state index in [0.717, 1.165) is 31.6 Å². The van der Waals surface area contributed by atoms with Crippen LogP contribution in [0.4, 0.5) is 4.39 Å². The Labute approximate surface area is 138 Å². The lowest BCUT2D eigenvalue weighted by molar-refractivity contribution is -0.139. The Kier molecular flexibility index (Phi) is 5.76. The Hall–Kier alpha value is -1.46. The Bertz CT molecular complexity index is 560. The predicted octanol–water partition coefficient (Wildman–Crippen LogP) is 2.50. The second-order valence-electron chi connectivity index (χ2n) is 6.90. The van der Waals surface area contributed by atoms with Crippen molar-refractivity contribution in [2.24, 2.45) is 5.92 Å². The largest absolute Gasteiger partial charge is 0.369 e. The molecule has 1 aliphatic rings. The first-order valence-corrected chi connectivity index (χ1v) is 8.12. The zero-order valence-electron chi connectivity index (χ0n) is 14.5. The summed E-state index contributed by atoms with van der Waals surface area (Å²) in [5.41, 5.74) is 1.03. The number of ether oxygens (including phenoxy) is 1. The molecule has 1 N–H and O–H groups in total. The smallest absolute Gasteiger partial charge is 0.251 e. The molecule has 1 atom stereocenters. The van der Waals surface area contributed by atoms with Gasteiger partial charge in [0.05, 0.1) is 0 Å². The predicted molar refractivity (Wildman–Crippen MR) is 88.6 cm³/mol. The third-order valence-electron chi connectivity index (χ3n) is 4.61. The fourth-order valence-electron chi connectivity index (χ4n) is 2.83. The second-order valence-corrected chi connectivity index (χ2v) is 6.90. The topological polar surface area (TPSA) is 41.6 Å². The van der Waals surface area contributed by atoms with E-state index in [1.54, 1.807) is 27.9 Å². The highest BCUT2D eigenvalue weighted by Crippen LogP contribution is 2.19. The molecule has 1 amide bonds. The Morgan fingerprint density at radius 1 is 1.48 bits per heavy atom. The van der Waals surface area contributed by atoms with Crippen molar-refractivity contribution < 1.29 is 13.9 Å². The number of aryl methyl sites for hydroxylation is 1. The fraction of sp³-hybridized carbons (Fsp3) is 0.611. The third kappa shape index (κ3) is 4.75. The van der Waals surface area contributed by atoms with Crippen LogP contribution in [0.5, 0.6) is 0 Å². The number of nitrogens with zero attached hydrogens (tertiary/aromatic N) is 1. The van der Waals surface area contributed by atoms with E-state index < -0.39 is 5.60 Å². The van der Waals surface area contributed by atoms with Gasteiger partial charge >= 0.3 is 0 Å². The van der Waals surface area contributed by atoms with Crippen LogP contribution in [-0.2, 0) is 16.1 Å². The molecule has 0 spiro atoms. The van der Waals surface area contributed by atoms with E-state index in [1.165, 1.54) is 6.07 Å². The highest BCUT2D eigenvalue weighted by molar-refractivity contribution is 5.84. The van der Waals surface area contributed by atoms with Gasteiger partial charge in [-0.3, -0.25) is 9.69 Å². The number of carbonyl (C=O) groups excluding carboxylic acids is 1. The molecule has 5 heteroatoms. The molecule has 1 fully saturated rings. The first-order chi connectivity index (χ1) is 10.8. The van der Waals surface area contributed by atoms with E-state index in [-0.39, 0.29) is 11.7 Å². The molecule has 0 saturated carbocycles. The minimum absolute atomic E-state index is 0.0763. The molecule has 0 unspecified atom stereocenters. The molecule has 1 aromatic carbocycles. The van der Waals surface area contributed by atoms with Gasteiger partial charge in [-0.15, -0.1) is 0 Å². The molecule has 1 aromatic rings. The molecular formula is C18H27FN2O2. The van der Waals surface area contributed by atoms with Gasteiger partial charge in [-0.25, -0.2) is 4.39 Å². The summed E-state index contributed by atoms with van der Waals surface area (Å²) < 4.78 is 18.5. The summed E-state index contributed by atoms with van der Waals surface area (Å²) in [5.74, 6) is 0.220. The molecule has 0 aliphatic carbocycles. The molecule has 0 aromatic heterocycles. The summed E-state index contributed by atoms with van der Waals surface area (Å²) in [7, 11) is 1.54. The molecule has 1 heterocycles. The van der Waals surface area contributed by atoms with E-state index in [4.69, 9.17) is 4.74 Å². The van der Waals surface area contributed by atoms with Crippen LogP contribution in [0.2, 0.25) is 0 Å². The molecule has 4 nitrogen and oxygen atoms in total. The van der Waals surface area contributed by atoms with Gasteiger partial charge in [-0.2, -0.15) is 0 Å². The zero-order chi connectivity index (χ0) is 17.0. The standard InChI is InChI=1S/C18H27FN2O2/c1-13-9-14(5-6-16(13)19)11-21-8-7-15(12-21)10-20-17(22)18(2,3)23-4/h5-6,9,15H,7-8,10-12H2,1-4H3,(H,20,22)/t15-/m1/s1. The molecule has 0 radical (unpaired) electrons. The van der Waals surface area contributed by atoms with Crippen LogP contribution in [0.1, 0.15) is 31.4 Å². The van der Waals surface area contributed by atoms with Crippen LogP contribution in [0.3, 0.4) is 0 Å². The minimum atomic E-state index is -0.788. The van der Waals surface area contributed by atoms with Crippen LogP contribution in [0, 0.1) is 18.7 Å². The molecule has 2 rings (SSSR count). The summed E-state index contributed by atoms with van der Waals surface area (Å²) in [6.07, 6.45) is 1.06. The minimum Gasteiger partial charge on any atom is -0.369 e. The quantitative estimate of drug-likeness (QED) is 0.875. The molecule has 1 aliphatic heterocycles. The summed E-state index contributed by atoms with van der Waals surface area (Å²) in [4.78, 5) is 14.4. The van der Waals surface area contributed by atoms with E-state index in [0.29, 0.717) is 18.0 Å². The van der Waals surface area contributed by atoms with Crippen LogP contribution < -0.4 is 5.32 Å². The SMILES string of the molecule is COC(C)(C)C(=O)NC[C@H]1CCN(Cc2ccc(F)c(C)c2)C1. The summed E-state index contributed by atoms with van der Waals surface area (Å²) >= 11 is 0. The van der Waals surface area contributed by atoms with Crippen molar-refractivity contribution in [1.82, 2.24) is 10.2 Å². The fourth-order valence-corrected chi connectivity index (χ4v) is 2.83.